The largest absolute Gasteiger partial charge is 0.497 e. The predicted octanol–water partition coefficient (Wildman–Crippen LogP) is 3.62. The Hall–Kier alpha value is -2.53. The molecule has 0 aliphatic rings. The minimum Gasteiger partial charge on any atom is -0.497 e. The van der Waals surface area contributed by atoms with Crippen molar-refractivity contribution in [1.82, 2.24) is 15.5 Å². The molecule has 2 aromatic rings. The molecule has 0 saturated carbocycles. The summed E-state index contributed by atoms with van der Waals surface area (Å²) in [5, 5.41) is 6.79. The van der Waals surface area contributed by atoms with Gasteiger partial charge in [0.1, 0.15) is 5.75 Å². The summed E-state index contributed by atoms with van der Waals surface area (Å²) in [6, 6.07) is 17.0. The lowest BCUT2D eigenvalue weighted by molar-refractivity contribution is 0.402. The maximum Gasteiger partial charge on any atom is 0.191 e. The molecule has 5 nitrogen and oxygen atoms in total. The monoisotopic (exact) mass is 382 g/mol. The highest BCUT2D eigenvalue weighted by Crippen LogP contribution is 2.21. The number of nitrogens with one attached hydrogen (secondary N) is 2. The van der Waals surface area contributed by atoms with Crippen LogP contribution in [-0.4, -0.2) is 45.7 Å². The van der Waals surface area contributed by atoms with Crippen LogP contribution in [0.15, 0.2) is 53.5 Å². The molecule has 2 aromatic carbocycles. The van der Waals surface area contributed by atoms with E-state index in [4.69, 9.17) is 4.74 Å². The van der Waals surface area contributed by atoms with Crippen LogP contribution in [0.2, 0.25) is 0 Å². The van der Waals surface area contributed by atoms with Crippen molar-refractivity contribution in [2.24, 2.45) is 4.99 Å². The molecule has 2 N–H and O–H groups in total. The fourth-order valence-electron chi connectivity index (χ4n) is 3.04. The number of rotatable bonds is 9. The summed E-state index contributed by atoms with van der Waals surface area (Å²) in [5.41, 5.74) is 3.89. The zero-order valence-electron chi connectivity index (χ0n) is 17.8. The summed E-state index contributed by atoms with van der Waals surface area (Å²) in [7, 11) is 7.67. The Morgan fingerprint density at radius 3 is 2.21 bits per heavy atom. The van der Waals surface area contributed by atoms with Crippen molar-refractivity contribution < 1.29 is 4.74 Å². The van der Waals surface area contributed by atoms with Gasteiger partial charge in [0.15, 0.2) is 5.96 Å². The Bertz CT molecular complexity index is 723. The molecule has 0 amide bonds. The summed E-state index contributed by atoms with van der Waals surface area (Å²) >= 11 is 0. The molecule has 0 bridgehead atoms. The Morgan fingerprint density at radius 2 is 1.64 bits per heavy atom. The fraction of sp³-hybridized carbons (Fsp3) is 0.435. The molecule has 28 heavy (non-hydrogen) atoms. The molecule has 0 spiro atoms. The highest BCUT2D eigenvalue weighted by atomic mass is 16.5. The average Bonchev–Trinajstić information content (AvgIpc) is 2.71. The van der Waals surface area contributed by atoms with Crippen LogP contribution >= 0.6 is 0 Å². The lowest BCUT2D eigenvalue weighted by Gasteiger charge is -2.16. The van der Waals surface area contributed by atoms with E-state index in [1.807, 2.05) is 19.2 Å². The molecule has 0 heterocycles. The van der Waals surface area contributed by atoms with Crippen molar-refractivity contribution >= 4 is 5.96 Å². The summed E-state index contributed by atoms with van der Waals surface area (Å²) in [6.45, 7) is 4.84. The molecule has 0 radical (unpaired) electrons. The normalized spacial score (nSPS) is 12.7. The van der Waals surface area contributed by atoms with Crippen LogP contribution in [0.25, 0.3) is 0 Å². The van der Waals surface area contributed by atoms with Crippen molar-refractivity contribution in [3.8, 4) is 5.75 Å². The molecule has 0 aliphatic heterocycles. The Balaban J connectivity index is 1.74. The van der Waals surface area contributed by atoms with Crippen LogP contribution in [0.3, 0.4) is 0 Å². The second-order valence-electron chi connectivity index (χ2n) is 7.37. The molecular formula is C23H34N4O. The van der Waals surface area contributed by atoms with E-state index in [9.17, 15) is 0 Å². The zero-order valence-corrected chi connectivity index (χ0v) is 17.8. The molecule has 2 rings (SSSR count). The zero-order chi connectivity index (χ0) is 20.4. The molecule has 0 fully saturated rings. The number of guanidine groups is 1. The van der Waals surface area contributed by atoms with Crippen molar-refractivity contribution in [2.75, 3.05) is 34.8 Å². The molecule has 0 saturated heterocycles. The number of methoxy groups -OCH3 is 1. The first-order chi connectivity index (χ1) is 13.5. The van der Waals surface area contributed by atoms with Gasteiger partial charge in [-0.25, -0.2) is 0 Å². The van der Waals surface area contributed by atoms with E-state index >= 15 is 0 Å². The number of aliphatic imine (C=N–C) groups is 1. The minimum atomic E-state index is 0.473. The third kappa shape index (κ3) is 7.24. The van der Waals surface area contributed by atoms with Crippen molar-refractivity contribution in [3.05, 3.63) is 65.2 Å². The maximum atomic E-state index is 5.22. The summed E-state index contributed by atoms with van der Waals surface area (Å²) < 4.78 is 5.22. The van der Waals surface area contributed by atoms with E-state index < -0.39 is 0 Å². The number of ether oxygens (including phenoxy) is 1. The van der Waals surface area contributed by atoms with E-state index in [0.29, 0.717) is 5.92 Å². The van der Waals surface area contributed by atoms with E-state index in [1.54, 1.807) is 7.11 Å². The van der Waals surface area contributed by atoms with Gasteiger partial charge in [0.05, 0.1) is 7.11 Å². The standard InChI is InChI=1S/C23H34N4O/c1-18(21-10-12-22(28-5)13-11-21)14-15-25-23(24-2)26-16-19-6-8-20(9-7-19)17-27(3)4/h6-13,18H,14-17H2,1-5H3,(H2,24,25,26). The van der Waals surface area contributed by atoms with E-state index in [2.05, 4.69) is 77.9 Å². The number of hydrogen-bond acceptors (Lipinski definition) is 3. The third-order valence-corrected chi connectivity index (χ3v) is 4.76. The van der Waals surface area contributed by atoms with Gasteiger partial charge in [-0.1, -0.05) is 43.3 Å². The second kappa shape index (κ2) is 11.3. The lowest BCUT2D eigenvalue weighted by atomic mass is 9.98. The maximum absolute atomic E-state index is 5.22. The van der Waals surface area contributed by atoms with Gasteiger partial charge in [-0.15, -0.1) is 0 Å². The smallest absolute Gasteiger partial charge is 0.191 e. The van der Waals surface area contributed by atoms with Gasteiger partial charge in [-0.05, 0) is 55.3 Å². The SMILES string of the molecule is CN=C(NCCC(C)c1ccc(OC)cc1)NCc1ccc(CN(C)C)cc1. The Labute approximate surface area is 169 Å². The summed E-state index contributed by atoms with van der Waals surface area (Å²) in [4.78, 5) is 6.50. The molecule has 5 heteroatoms. The topological polar surface area (TPSA) is 48.9 Å². The van der Waals surface area contributed by atoms with Gasteiger partial charge in [0.25, 0.3) is 0 Å². The van der Waals surface area contributed by atoms with Crippen LogP contribution in [0.5, 0.6) is 5.75 Å². The Morgan fingerprint density at radius 1 is 1.00 bits per heavy atom. The number of benzene rings is 2. The first kappa shape index (κ1) is 21.8. The number of nitrogens with zero attached hydrogens (tertiary/aromatic N) is 2. The molecule has 0 aromatic heterocycles. The van der Waals surface area contributed by atoms with Crippen LogP contribution in [0.4, 0.5) is 0 Å². The van der Waals surface area contributed by atoms with Crippen molar-refractivity contribution in [2.45, 2.75) is 32.4 Å². The highest BCUT2D eigenvalue weighted by Gasteiger charge is 2.06. The Kier molecular flexibility index (Phi) is 8.82. The van der Waals surface area contributed by atoms with E-state index in [1.165, 1.54) is 16.7 Å². The fourth-order valence-corrected chi connectivity index (χ4v) is 3.04. The van der Waals surface area contributed by atoms with E-state index in [-0.39, 0.29) is 0 Å². The second-order valence-corrected chi connectivity index (χ2v) is 7.37. The van der Waals surface area contributed by atoms with Gasteiger partial charge in [0, 0.05) is 26.7 Å². The number of hydrogen-bond donors (Lipinski definition) is 2. The van der Waals surface area contributed by atoms with Crippen LogP contribution in [-0.2, 0) is 13.1 Å². The van der Waals surface area contributed by atoms with Gasteiger partial charge in [-0.3, -0.25) is 4.99 Å². The van der Waals surface area contributed by atoms with Crippen LogP contribution in [0.1, 0.15) is 36.0 Å². The quantitative estimate of drug-likeness (QED) is 0.514. The van der Waals surface area contributed by atoms with Crippen LogP contribution < -0.4 is 15.4 Å². The summed E-state index contributed by atoms with van der Waals surface area (Å²) in [5.74, 6) is 2.20. The van der Waals surface area contributed by atoms with Crippen molar-refractivity contribution in [1.29, 1.82) is 0 Å². The summed E-state index contributed by atoms with van der Waals surface area (Å²) in [6.07, 6.45) is 1.03. The van der Waals surface area contributed by atoms with Crippen LogP contribution in [0, 0.1) is 0 Å². The van der Waals surface area contributed by atoms with Gasteiger partial charge >= 0.3 is 0 Å². The third-order valence-electron chi connectivity index (χ3n) is 4.76. The van der Waals surface area contributed by atoms with Gasteiger partial charge in [-0.2, -0.15) is 0 Å². The lowest BCUT2D eigenvalue weighted by Crippen LogP contribution is -2.37. The predicted molar refractivity (Wildman–Crippen MR) is 118 cm³/mol. The first-order valence-corrected chi connectivity index (χ1v) is 9.83. The molecule has 1 atom stereocenters. The molecule has 1 unspecified atom stereocenters. The minimum absolute atomic E-state index is 0.473. The first-order valence-electron chi connectivity index (χ1n) is 9.83. The highest BCUT2D eigenvalue weighted by molar-refractivity contribution is 5.79. The van der Waals surface area contributed by atoms with Gasteiger partial charge in [0.2, 0.25) is 0 Å². The average molecular weight is 383 g/mol. The molecule has 152 valence electrons. The van der Waals surface area contributed by atoms with Crippen molar-refractivity contribution in [3.63, 3.8) is 0 Å². The molecule has 0 aliphatic carbocycles. The van der Waals surface area contributed by atoms with Gasteiger partial charge < -0.3 is 20.3 Å². The molecular weight excluding hydrogens is 348 g/mol. The van der Waals surface area contributed by atoms with E-state index in [0.717, 1.165) is 37.8 Å².